The number of nitrogens with two attached hydrogens (primary N) is 1. The normalized spacial score (nSPS) is 10.2. The fourth-order valence-electron chi connectivity index (χ4n) is 2.09. The number of nitrogen functional groups attached to an aromatic ring is 1. The van der Waals surface area contributed by atoms with Crippen LogP contribution in [0, 0.1) is 0 Å². The van der Waals surface area contributed by atoms with Crippen LogP contribution >= 0.6 is 15.9 Å². The number of methoxy groups -OCH3 is 1. The fraction of sp³-hybridized carbons (Fsp3) is 0.188. The molecule has 0 atom stereocenters. The van der Waals surface area contributed by atoms with Gasteiger partial charge in [0, 0.05) is 24.3 Å². The minimum Gasteiger partial charge on any atom is -0.496 e. The number of halogens is 1. The number of benzene rings is 2. The molecule has 0 saturated heterocycles. The molecular formula is C16H18BrN3O2. The van der Waals surface area contributed by atoms with Crippen molar-refractivity contribution < 1.29 is 9.53 Å². The number of hydrogen-bond acceptors (Lipinski definition) is 4. The molecule has 3 N–H and O–H groups in total. The number of nitrogens with one attached hydrogen (secondary N) is 1. The lowest BCUT2D eigenvalue weighted by molar-refractivity contribution is 0.102. The minimum absolute atomic E-state index is 0.258. The monoisotopic (exact) mass is 363 g/mol. The van der Waals surface area contributed by atoms with E-state index in [1.165, 1.54) is 7.11 Å². The Morgan fingerprint density at radius 2 is 1.95 bits per heavy atom. The van der Waals surface area contributed by atoms with E-state index in [1.54, 1.807) is 24.3 Å². The Morgan fingerprint density at radius 3 is 2.59 bits per heavy atom. The Kier molecular flexibility index (Phi) is 4.92. The zero-order chi connectivity index (χ0) is 16.3. The summed E-state index contributed by atoms with van der Waals surface area (Å²) in [5, 5.41) is 2.89. The maximum Gasteiger partial charge on any atom is 0.259 e. The van der Waals surface area contributed by atoms with Gasteiger partial charge >= 0.3 is 0 Å². The van der Waals surface area contributed by atoms with Gasteiger partial charge in [-0.05, 0) is 36.4 Å². The molecule has 0 aliphatic carbocycles. The van der Waals surface area contributed by atoms with Crippen LogP contribution in [0.5, 0.6) is 5.75 Å². The molecule has 1 amide bonds. The van der Waals surface area contributed by atoms with E-state index in [-0.39, 0.29) is 5.91 Å². The minimum atomic E-state index is -0.258. The molecule has 0 bridgehead atoms. The van der Waals surface area contributed by atoms with Crippen molar-refractivity contribution in [1.29, 1.82) is 0 Å². The largest absolute Gasteiger partial charge is 0.496 e. The van der Waals surface area contributed by atoms with Crippen molar-refractivity contribution in [2.45, 2.75) is 0 Å². The quantitative estimate of drug-likeness (QED) is 0.817. The molecule has 0 radical (unpaired) electrons. The van der Waals surface area contributed by atoms with Gasteiger partial charge in [-0.25, -0.2) is 0 Å². The van der Waals surface area contributed by atoms with E-state index in [4.69, 9.17) is 10.5 Å². The summed E-state index contributed by atoms with van der Waals surface area (Å²) < 4.78 is 6.05. The van der Waals surface area contributed by atoms with Crippen molar-refractivity contribution >= 4 is 38.9 Å². The molecular weight excluding hydrogens is 346 g/mol. The Labute approximate surface area is 138 Å². The molecule has 0 fully saturated rings. The number of anilines is 3. The summed E-state index contributed by atoms with van der Waals surface area (Å²) in [6, 6.07) is 10.7. The van der Waals surface area contributed by atoms with Gasteiger partial charge in [0.2, 0.25) is 0 Å². The molecule has 2 rings (SSSR count). The number of hydrogen-bond donors (Lipinski definition) is 2. The predicted molar refractivity (Wildman–Crippen MR) is 93.8 cm³/mol. The average Bonchev–Trinajstić information content (AvgIpc) is 2.46. The molecule has 0 saturated carbocycles. The molecule has 22 heavy (non-hydrogen) atoms. The van der Waals surface area contributed by atoms with Crippen molar-refractivity contribution in [3.63, 3.8) is 0 Å². The van der Waals surface area contributed by atoms with Crippen LogP contribution < -0.4 is 20.7 Å². The first-order chi connectivity index (χ1) is 10.4. The third kappa shape index (κ3) is 3.51. The van der Waals surface area contributed by atoms with Crippen LogP contribution in [-0.4, -0.2) is 27.1 Å². The van der Waals surface area contributed by atoms with Crippen LogP contribution in [0.4, 0.5) is 17.1 Å². The van der Waals surface area contributed by atoms with E-state index in [9.17, 15) is 4.79 Å². The van der Waals surface area contributed by atoms with E-state index >= 15 is 0 Å². The highest BCUT2D eigenvalue weighted by Crippen LogP contribution is 2.29. The molecule has 6 heteroatoms. The number of carbonyl (C=O) groups excluding carboxylic acids is 1. The van der Waals surface area contributed by atoms with Crippen molar-refractivity contribution in [2.24, 2.45) is 0 Å². The zero-order valence-electron chi connectivity index (χ0n) is 12.7. The van der Waals surface area contributed by atoms with Crippen LogP contribution in [0.2, 0.25) is 0 Å². The van der Waals surface area contributed by atoms with Crippen LogP contribution in [0.3, 0.4) is 0 Å². The van der Waals surface area contributed by atoms with Gasteiger partial charge < -0.3 is 20.7 Å². The standard InChI is InChI=1S/C16H18BrN3O2/c1-20(2)14-6-5-11(18)9-13(14)19-16(21)12-8-10(17)4-7-15(12)22-3/h4-9H,18H2,1-3H3,(H,19,21). The Morgan fingerprint density at radius 1 is 1.23 bits per heavy atom. The highest BCUT2D eigenvalue weighted by Gasteiger charge is 2.15. The van der Waals surface area contributed by atoms with Gasteiger partial charge in [-0.2, -0.15) is 0 Å². The number of ether oxygens (including phenoxy) is 1. The van der Waals surface area contributed by atoms with E-state index < -0.39 is 0 Å². The third-order valence-corrected chi connectivity index (χ3v) is 3.65. The topological polar surface area (TPSA) is 67.6 Å². The Hall–Kier alpha value is -2.21. The lowest BCUT2D eigenvalue weighted by atomic mass is 10.1. The van der Waals surface area contributed by atoms with Gasteiger partial charge in [0.1, 0.15) is 5.75 Å². The highest BCUT2D eigenvalue weighted by molar-refractivity contribution is 9.10. The van der Waals surface area contributed by atoms with E-state index in [0.29, 0.717) is 22.7 Å². The summed E-state index contributed by atoms with van der Waals surface area (Å²) in [7, 11) is 5.34. The lowest BCUT2D eigenvalue weighted by Gasteiger charge is -2.19. The predicted octanol–water partition coefficient (Wildman–Crippen LogP) is 3.36. The number of amides is 1. The van der Waals surface area contributed by atoms with Gasteiger partial charge in [0.25, 0.3) is 5.91 Å². The lowest BCUT2D eigenvalue weighted by Crippen LogP contribution is -2.17. The van der Waals surface area contributed by atoms with Crippen molar-refractivity contribution in [2.75, 3.05) is 37.2 Å². The smallest absolute Gasteiger partial charge is 0.259 e. The number of nitrogens with zero attached hydrogens (tertiary/aromatic N) is 1. The highest BCUT2D eigenvalue weighted by atomic mass is 79.9. The summed E-state index contributed by atoms with van der Waals surface area (Å²) in [5.41, 5.74) is 8.38. The first kappa shape index (κ1) is 16.2. The SMILES string of the molecule is COc1ccc(Br)cc1C(=O)Nc1cc(N)ccc1N(C)C. The van der Waals surface area contributed by atoms with Gasteiger partial charge in [-0.3, -0.25) is 4.79 Å². The second-order valence-electron chi connectivity index (χ2n) is 4.97. The Balaban J connectivity index is 2.37. The number of carbonyl (C=O) groups is 1. The average molecular weight is 364 g/mol. The van der Waals surface area contributed by atoms with Crippen LogP contribution in [0.15, 0.2) is 40.9 Å². The zero-order valence-corrected chi connectivity index (χ0v) is 14.3. The molecule has 0 aromatic heterocycles. The fourth-order valence-corrected chi connectivity index (χ4v) is 2.45. The second kappa shape index (κ2) is 6.70. The van der Waals surface area contributed by atoms with E-state index in [2.05, 4.69) is 21.2 Å². The summed E-state index contributed by atoms with van der Waals surface area (Å²) in [6.45, 7) is 0. The van der Waals surface area contributed by atoms with Crippen molar-refractivity contribution in [3.05, 3.63) is 46.4 Å². The Bertz CT molecular complexity index is 702. The second-order valence-corrected chi connectivity index (χ2v) is 5.89. The first-order valence-electron chi connectivity index (χ1n) is 6.64. The van der Waals surface area contributed by atoms with Crippen LogP contribution in [0.1, 0.15) is 10.4 Å². The van der Waals surface area contributed by atoms with E-state index in [0.717, 1.165) is 10.2 Å². The molecule has 0 spiro atoms. The number of rotatable bonds is 4. The molecule has 2 aromatic carbocycles. The van der Waals surface area contributed by atoms with E-state index in [1.807, 2.05) is 31.1 Å². The molecule has 0 aliphatic heterocycles. The molecule has 5 nitrogen and oxygen atoms in total. The summed E-state index contributed by atoms with van der Waals surface area (Å²) >= 11 is 3.36. The van der Waals surface area contributed by atoms with Gasteiger partial charge in [-0.15, -0.1) is 0 Å². The molecule has 0 unspecified atom stereocenters. The molecule has 116 valence electrons. The summed E-state index contributed by atoms with van der Waals surface area (Å²) in [6.07, 6.45) is 0. The summed E-state index contributed by atoms with van der Waals surface area (Å²) in [4.78, 5) is 14.5. The van der Waals surface area contributed by atoms with Crippen LogP contribution in [0.25, 0.3) is 0 Å². The first-order valence-corrected chi connectivity index (χ1v) is 7.43. The maximum absolute atomic E-state index is 12.6. The molecule has 0 aliphatic rings. The van der Waals surface area contributed by atoms with Crippen LogP contribution in [-0.2, 0) is 0 Å². The molecule has 2 aromatic rings. The van der Waals surface area contributed by atoms with Crippen molar-refractivity contribution in [1.82, 2.24) is 0 Å². The summed E-state index contributed by atoms with van der Waals surface area (Å²) in [5.74, 6) is 0.253. The van der Waals surface area contributed by atoms with Crippen molar-refractivity contribution in [3.8, 4) is 5.75 Å². The third-order valence-electron chi connectivity index (χ3n) is 3.16. The maximum atomic E-state index is 12.6. The molecule has 0 heterocycles. The van der Waals surface area contributed by atoms with Gasteiger partial charge in [0.05, 0.1) is 24.0 Å². The van der Waals surface area contributed by atoms with Gasteiger partial charge in [-0.1, -0.05) is 15.9 Å². The van der Waals surface area contributed by atoms with Gasteiger partial charge in [0.15, 0.2) is 0 Å².